The van der Waals surface area contributed by atoms with E-state index in [4.69, 9.17) is 0 Å². The van der Waals surface area contributed by atoms with Crippen LogP contribution in [0.5, 0.6) is 0 Å². The van der Waals surface area contributed by atoms with Crippen LogP contribution in [0.1, 0.15) is 46.0 Å². The molecule has 6 heteroatoms. The Morgan fingerprint density at radius 2 is 1.61 bits per heavy atom. The van der Waals surface area contributed by atoms with Crippen molar-refractivity contribution in [2.45, 2.75) is 69.0 Å². The number of sulfonamides is 1. The van der Waals surface area contributed by atoms with Gasteiger partial charge in [-0.05, 0) is 68.9 Å². The highest BCUT2D eigenvalue weighted by atomic mass is 32.2. The highest BCUT2D eigenvalue weighted by Gasteiger charge is 2.43. The first-order valence-electron chi connectivity index (χ1n) is 10.2. The molecule has 1 amide bonds. The normalized spacial score (nSPS) is 26.6. The molecule has 5 nitrogen and oxygen atoms in total. The van der Waals surface area contributed by atoms with Crippen LogP contribution in [0.15, 0.2) is 47.4 Å². The number of fused-ring (bicyclic) bond motifs is 1. The second-order valence-electron chi connectivity index (χ2n) is 8.16. The summed E-state index contributed by atoms with van der Waals surface area (Å²) in [7, 11) is -3.71. The van der Waals surface area contributed by atoms with Crippen LogP contribution in [0, 0.1) is 0 Å². The molecule has 2 aromatic rings. The maximum Gasteiger partial charge on any atom is 0.243 e. The molecule has 2 aliphatic rings. The molecule has 0 unspecified atom stereocenters. The molecule has 0 bridgehead atoms. The van der Waals surface area contributed by atoms with Crippen molar-refractivity contribution in [3.05, 3.63) is 42.5 Å². The van der Waals surface area contributed by atoms with Crippen molar-refractivity contribution in [1.29, 1.82) is 0 Å². The number of carbonyl (C=O) groups excluding carboxylic acids is 1. The van der Waals surface area contributed by atoms with Crippen LogP contribution in [0.2, 0.25) is 0 Å². The molecule has 0 N–H and O–H groups in total. The lowest BCUT2D eigenvalue weighted by atomic mass is 9.96. The molecule has 2 heterocycles. The number of hydrogen-bond donors (Lipinski definition) is 0. The van der Waals surface area contributed by atoms with Crippen LogP contribution < -0.4 is 0 Å². The van der Waals surface area contributed by atoms with Crippen LogP contribution in [0.3, 0.4) is 0 Å². The average Bonchev–Trinajstić information content (AvgIpc) is 3.18. The first-order valence-corrected chi connectivity index (χ1v) is 11.7. The smallest absolute Gasteiger partial charge is 0.243 e. The van der Waals surface area contributed by atoms with Gasteiger partial charge in [0.25, 0.3) is 0 Å². The fraction of sp³-hybridized carbons (Fsp3) is 0.500. The molecular formula is C22H28N2O3S. The van der Waals surface area contributed by atoms with Crippen LogP contribution in [-0.2, 0) is 14.8 Å². The topological polar surface area (TPSA) is 57.7 Å². The number of nitrogens with zero attached hydrogens (tertiary/aromatic N) is 2. The van der Waals surface area contributed by atoms with Crippen molar-refractivity contribution in [3.63, 3.8) is 0 Å². The van der Waals surface area contributed by atoms with Gasteiger partial charge in [-0.3, -0.25) is 4.79 Å². The van der Waals surface area contributed by atoms with Gasteiger partial charge >= 0.3 is 0 Å². The van der Waals surface area contributed by atoms with E-state index >= 15 is 0 Å². The van der Waals surface area contributed by atoms with Gasteiger partial charge in [-0.25, -0.2) is 8.42 Å². The monoisotopic (exact) mass is 400 g/mol. The van der Waals surface area contributed by atoms with E-state index in [0.717, 1.165) is 36.5 Å². The minimum Gasteiger partial charge on any atom is -0.336 e. The minimum absolute atomic E-state index is 0.0263. The van der Waals surface area contributed by atoms with E-state index in [1.165, 1.54) is 4.31 Å². The Labute approximate surface area is 167 Å². The Hall–Kier alpha value is -1.92. The molecule has 0 spiro atoms. The maximum absolute atomic E-state index is 13.4. The van der Waals surface area contributed by atoms with Crippen molar-refractivity contribution in [2.75, 3.05) is 6.54 Å². The van der Waals surface area contributed by atoms with E-state index in [1.807, 2.05) is 35.2 Å². The predicted molar refractivity (Wildman–Crippen MR) is 110 cm³/mol. The molecule has 3 atom stereocenters. The Morgan fingerprint density at radius 1 is 0.929 bits per heavy atom. The Balaban J connectivity index is 1.65. The van der Waals surface area contributed by atoms with Gasteiger partial charge in [-0.15, -0.1) is 0 Å². The van der Waals surface area contributed by atoms with Crippen LogP contribution in [0.4, 0.5) is 0 Å². The van der Waals surface area contributed by atoms with Crippen molar-refractivity contribution in [3.8, 4) is 0 Å². The lowest BCUT2D eigenvalue weighted by Gasteiger charge is -2.41. The van der Waals surface area contributed by atoms with E-state index in [1.54, 1.807) is 12.1 Å². The van der Waals surface area contributed by atoms with Gasteiger partial charge in [0.05, 0.1) is 4.90 Å². The molecule has 0 aromatic heterocycles. The molecule has 150 valence electrons. The minimum atomic E-state index is -3.71. The molecule has 0 aliphatic carbocycles. The predicted octanol–water partition coefficient (Wildman–Crippen LogP) is 3.78. The summed E-state index contributed by atoms with van der Waals surface area (Å²) in [5.74, 6) is -0.0263. The van der Waals surface area contributed by atoms with Crippen molar-refractivity contribution >= 4 is 26.7 Å². The van der Waals surface area contributed by atoms with Gasteiger partial charge < -0.3 is 4.90 Å². The summed E-state index contributed by atoms with van der Waals surface area (Å²) in [4.78, 5) is 15.5. The van der Waals surface area contributed by atoms with E-state index in [9.17, 15) is 13.2 Å². The van der Waals surface area contributed by atoms with E-state index in [-0.39, 0.29) is 22.9 Å². The van der Waals surface area contributed by atoms with Crippen molar-refractivity contribution in [1.82, 2.24) is 9.21 Å². The summed E-state index contributed by atoms with van der Waals surface area (Å²) in [6.45, 7) is 4.55. The van der Waals surface area contributed by atoms with Crippen molar-refractivity contribution < 1.29 is 13.2 Å². The number of hydrogen-bond acceptors (Lipinski definition) is 3. The Kier molecular flexibility index (Phi) is 5.19. The summed E-state index contributed by atoms with van der Waals surface area (Å²) in [5.41, 5.74) is 0. The summed E-state index contributed by atoms with van der Waals surface area (Å²) >= 11 is 0. The van der Waals surface area contributed by atoms with Crippen molar-refractivity contribution in [2.24, 2.45) is 0 Å². The van der Waals surface area contributed by atoms with Gasteiger partial charge in [0.1, 0.15) is 6.04 Å². The molecule has 2 aliphatic heterocycles. The Morgan fingerprint density at radius 3 is 2.32 bits per heavy atom. The van der Waals surface area contributed by atoms with E-state index < -0.39 is 16.1 Å². The summed E-state index contributed by atoms with van der Waals surface area (Å²) in [6, 6.07) is 12.7. The standard InChI is InChI=1S/C22H28N2O3S/c1-16-7-5-8-17(2)24(16)22(25)21-11-6-14-23(21)28(26,27)20-13-12-18-9-3-4-10-19(18)15-20/h3-4,9-10,12-13,15-17,21H,5-8,11,14H2,1-2H3/t16-,17+,21-/m0/s1. The molecular weight excluding hydrogens is 372 g/mol. The summed E-state index contributed by atoms with van der Waals surface area (Å²) in [6.07, 6.45) is 4.41. The number of rotatable bonds is 3. The van der Waals surface area contributed by atoms with Crippen LogP contribution >= 0.6 is 0 Å². The fourth-order valence-corrected chi connectivity index (χ4v) is 6.45. The first kappa shape index (κ1) is 19.4. The average molecular weight is 401 g/mol. The van der Waals surface area contributed by atoms with Crippen LogP contribution in [0.25, 0.3) is 10.8 Å². The Bertz CT molecular complexity index is 978. The van der Waals surface area contributed by atoms with E-state index in [2.05, 4.69) is 13.8 Å². The van der Waals surface area contributed by atoms with E-state index in [0.29, 0.717) is 13.0 Å². The zero-order valence-corrected chi connectivity index (χ0v) is 17.4. The second kappa shape index (κ2) is 7.48. The van der Waals surface area contributed by atoms with Crippen LogP contribution in [-0.4, -0.2) is 48.2 Å². The highest BCUT2D eigenvalue weighted by molar-refractivity contribution is 7.89. The molecule has 2 aromatic carbocycles. The third kappa shape index (κ3) is 3.33. The van der Waals surface area contributed by atoms with Gasteiger partial charge in [0.15, 0.2) is 0 Å². The molecule has 2 saturated heterocycles. The lowest BCUT2D eigenvalue weighted by molar-refractivity contribution is -0.140. The number of likely N-dealkylation sites (tertiary alicyclic amines) is 1. The number of carbonyl (C=O) groups is 1. The largest absolute Gasteiger partial charge is 0.336 e. The van der Waals surface area contributed by atoms with Gasteiger partial charge in [-0.2, -0.15) is 4.31 Å². The highest BCUT2D eigenvalue weighted by Crippen LogP contribution is 2.32. The zero-order chi connectivity index (χ0) is 19.9. The van der Waals surface area contributed by atoms with Gasteiger partial charge in [0.2, 0.25) is 15.9 Å². The molecule has 0 saturated carbocycles. The van der Waals surface area contributed by atoms with Gasteiger partial charge in [0, 0.05) is 18.6 Å². The lowest BCUT2D eigenvalue weighted by Crippen LogP contribution is -2.54. The first-order chi connectivity index (χ1) is 13.4. The molecule has 2 fully saturated rings. The third-order valence-corrected chi connectivity index (χ3v) is 8.17. The summed E-state index contributed by atoms with van der Waals surface area (Å²) < 4.78 is 28.2. The van der Waals surface area contributed by atoms with Gasteiger partial charge in [-0.1, -0.05) is 30.3 Å². The third-order valence-electron chi connectivity index (χ3n) is 6.26. The molecule has 0 radical (unpaired) electrons. The SMILES string of the molecule is C[C@@H]1CCC[C@H](C)N1C(=O)[C@@H]1CCCN1S(=O)(=O)c1ccc2ccccc2c1. The number of benzene rings is 2. The second-order valence-corrected chi connectivity index (χ2v) is 10.0. The molecule has 4 rings (SSSR count). The summed E-state index contributed by atoms with van der Waals surface area (Å²) in [5, 5.41) is 1.90. The quantitative estimate of drug-likeness (QED) is 0.788. The molecule has 28 heavy (non-hydrogen) atoms. The maximum atomic E-state index is 13.4. The number of piperidine rings is 1. The zero-order valence-electron chi connectivity index (χ0n) is 16.5. The fourth-order valence-electron chi connectivity index (χ4n) is 4.77. The number of amides is 1.